The fourth-order valence-electron chi connectivity index (χ4n) is 2.90. The molecular formula is C21H34FKO2. The van der Waals surface area contributed by atoms with Gasteiger partial charge in [0.1, 0.15) is 5.82 Å². The van der Waals surface area contributed by atoms with Crippen molar-refractivity contribution < 1.29 is 65.6 Å². The molecule has 1 aromatic carbocycles. The van der Waals surface area contributed by atoms with Gasteiger partial charge in [-0.05, 0) is 37.3 Å². The van der Waals surface area contributed by atoms with Gasteiger partial charge in [-0.15, -0.1) is 6.61 Å². The van der Waals surface area contributed by atoms with Crippen LogP contribution in [0.2, 0.25) is 0 Å². The van der Waals surface area contributed by atoms with Crippen LogP contribution in [-0.2, 0) is 11.2 Å². The second-order valence-corrected chi connectivity index (χ2v) is 6.55. The van der Waals surface area contributed by atoms with E-state index in [1.54, 1.807) is 12.1 Å². The van der Waals surface area contributed by atoms with Gasteiger partial charge in [-0.3, -0.25) is 0 Å². The molecule has 0 bridgehead atoms. The van der Waals surface area contributed by atoms with Crippen molar-refractivity contribution in [3.8, 4) is 0 Å². The number of benzene rings is 1. The van der Waals surface area contributed by atoms with Crippen LogP contribution in [0.25, 0.3) is 0 Å². The van der Waals surface area contributed by atoms with Crippen molar-refractivity contribution in [1.29, 1.82) is 0 Å². The summed E-state index contributed by atoms with van der Waals surface area (Å²) in [5.41, 5.74) is 0.856. The standard InChI is InChI=1S/C21H34FO2.K/c22-21-16-11-10-15-20(21)14-9-7-5-3-1-2-4-6-8-12-18-24-19-13-17-23;/h10-11,15-16H,1-9,12-14,17-19H2;/q-1;+1. The van der Waals surface area contributed by atoms with Crippen LogP contribution in [0.5, 0.6) is 0 Å². The van der Waals surface area contributed by atoms with Crippen molar-refractivity contribution in [1.82, 2.24) is 0 Å². The van der Waals surface area contributed by atoms with E-state index in [9.17, 15) is 9.50 Å². The third kappa shape index (κ3) is 15.5. The zero-order valence-electron chi connectivity index (χ0n) is 16.1. The maximum atomic E-state index is 13.4. The van der Waals surface area contributed by atoms with Crippen molar-refractivity contribution in [2.24, 2.45) is 0 Å². The van der Waals surface area contributed by atoms with Gasteiger partial charge in [0.05, 0.1) is 0 Å². The molecule has 0 radical (unpaired) electrons. The van der Waals surface area contributed by atoms with Crippen LogP contribution in [0, 0.1) is 5.82 Å². The minimum absolute atomic E-state index is 0. The molecule has 1 aromatic rings. The summed E-state index contributed by atoms with van der Waals surface area (Å²) in [6.07, 6.45) is 14.0. The molecular weight excluding hydrogens is 342 g/mol. The quantitative estimate of drug-likeness (QED) is 0.327. The van der Waals surface area contributed by atoms with Gasteiger partial charge < -0.3 is 9.84 Å². The normalized spacial score (nSPS) is 10.6. The number of rotatable bonds is 16. The Morgan fingerprint density at radius 3 is 1.84 bits per heavy atom. The Labute approximate surface area is 196 Å². The number of hydrogen-bond donors (Lipinski definition) is 0. The summed E-state index contributed by atoms with van der Waals surface area (Å²) in [5.74, 6) is -0.0618. The molecule has 0 unspecified atom stereocenters. The minimum atomic E-state index is -0.0618. The first kappa shape index (κ1) is 25.7. The molecule has 0 aliphatic carbocycles. The largest absolute Gasteiger partial charge is 1.00 e. The summed E-state index contributed by atoms with van der Waals surface area (Å²) >= 11 is 0. The number of unbranched alkanes of at least 4 members (excludes halogenated alkanes) is 9. The molecule has 4 heteroatoms. The van der Waals surface area contributed by atoms with Crippen LogP contribution in [0.3, 0.4) is 0 Å². The van der Waals surface area contributed by atoms with Gasteiger partial charge in [-0.1, -0.05) is 69.6 Å². The first-order valence-corrected chi connectivity index (χ1v) is 9.74. The van der Waals surface area contributed by atoms with Crippen molar-refractivity contribution in [2.45, 2.75) is 77.0 Å². The minimum Gasteiger partial charge on any atom is -0.854 e. The topological polar surface area (TPSA) is 32.3 Å². The molecule has 0 aliphatic rings. The van der Waals surface area contributed by atoms with Crippen LogP contribution in [0.15, 0.2) is 24.3 Å². The van der Waals surface area contributed by atoms with E-state index in [1.165, 1.54) is 51.4 Å². The smallest absolute Gasteiger partial charge is 0.854 e. The predicted molar refractivity (Wildman–Crippen MR) is 96.6 cm³/mol. The average Bonchev–Trinajstić information content (AvgIpc) is 2.60. The van der Waals surface area contributed by atoms with E-state index in [-0.39, 0.29) is 63.8 Å². The van der Waals surface area contributed by atoms with Gasteiger partial charge >= 0.3 is 51.4 Å². The van der Waals surface area contributed by atoms with Gasteiger partial charge in [0.25, 0.3) is 0 Å². The monoisotopic (exact) mass is 376 g/mol. The van der Waals surface area contributed by atoms with E-state index < -0.39 is 0 Å². The van der Waals surface area contributed by atoms with Crippen molar-refractivity contribution >= 4 is 0 Å². The predicted octanol–water partition coefficient (Wildman–Crippen LogP) is 2.04. The van der Waals surface area contributed by atoms with E-state index in [4.69, 9.17) is 4.74 Å². The molecule has 0 aromatic heterocycles. The first-order chi connectivity index (χ1) is 11.8. The Kier molecular flexibility index (Phi) is 20.0. The number of hydrogen-bond acceptors (Lipinski definition) is 2. The fourth-order valence-corrected chi connectivity index (χ4v) is 2.90. The molecule has 0 saturated heterocycles. The van der Waals surface area contributed by atoms with Crippen LogP contribution in [0.1, 0.15) is 76.2 Å². The average molecular weight is 377 g/mol. The molecule has 0 spiro atoms. The summed E-state index contributed by atoms with van der Waals surface area (Å²) < 4.78 is 18.8. The van der Waals surface area contributed by atoms with Crippen LogP contribution >= 0.6 is 0 Å². The van der Waals surface area contributed by atoms with Gasteiger partial charge in [0.15, 0.2) is 0 Å². The molecule has 2 nitrogen and oxygen atoms in total. The third-order valence-electron chi connectivity index (χ3n) is 4.38. The maximum absolute atomic E-state index is 13.4. The van der Waals surface area contributed by atoms with E-state index >= 15 is 0 Å². The third-order valence-corrected chi connectivity index (χ3v) is 4.38. The molecule has 0 amide bonds. The fraction of sp³-hybridized carbons (Fsp3) is 0.714. The van der Waals surface area contributed by atoms with Crippen molar-refractivity contribution in [3.05, 3.63) is 35.6 Å². The van der Waals surface area contributed by atoms with E-state index in [2.05, 4.69) is 0 Å². The molecule has 0 N–H and O–H groups in total. The van der Waals surface area contributed by atoms with E-state index in [0.29, 0.717) is 13.0 Å². The summed E-state index contributed by atoms with van der Waals surface area (Å²) in [5, 5.41) is 10.2. The van der Waals surface area contributed by atoms with Gasteiger partial charge in [-0.2, -0.15) is 0 Å². The summed E-state index contributed by atoms with van der Waals surface area (Å²) in [6, 6.07) is 7.11. The molecule has 1 rings (SSSR count). The van der Waals surface area contributed by atoms with Crippen LogP contribution in [0.4, 0.5) is 4.39 Å². The Morgan fingerprint density at radius 1 is 0.720 bits per heavy atom. The Hall–Kier alpha value is 0.706. The van der Waals surface area contributed by atoms with Crippen LogP contribution < -0.4 is 56.5 Å². The molecule has 25 heavy (non-hydrogen) atoms. The van der Waals surface area contributed by atoms with Gasteiger partial charge in [-0.25, -0.2) is 4.39 Å². The van der Waals surface area contributed by atoms with Crippen molar-refractivity contribution in [3.63, 3.8) is 0 Å². The number of ether oxygens (including phenoxy) is 1. The van der Waals surface area contributed by atoms with E-state index in [0.717, 1.165) is 31.4 Å². The summed E-state index contributed by atoms with van der Waals surface area (Å²) in [6.45, 7) is 1.41. The summed E-state index contributed by atoms with van der Waals surface area (Å²) in [7, 11) is 0. The zero-order chi connectivity index (χ0) is 17.3. The molecule has 0 atom stereocenters. The molecule has 138 valence electrons. The van der Waals surface area contributed by atoms with Crippen LogP contribution in [-0.4, -0.2) is 19.8 Å². The Morgan fingerprint density at radius 2 is 1.24 bits per heavy atom. The van der Waals surface area contributed by atoms with E-state index in [1.807, 2.05) is 12.1 Å². The molecule has 0 aliphatic heterocycles. The maximum Gasteiger partial charge on any atom is 1.00 e. The van der Waals surface area contributed by atoms with Gasteiger partial charge in [0, 0.05) is 13.2 Å². The Balaban J connectivity index is 0.00000576. The van der Waals surface area contributed by atoms with Gasteiger partial charge in [0.2, 0.25) is 0 Å². The Bertz CT molecular complexity index is 401. The molecule has 0 heterocycles. The molecule has 0 fully saturated rings. The van der Waals surface area contributed by atoms with Crippen molar-refractivity contribution in [2.75, 3.05) is 19.8 Å². The number of aryl methyl sites for hydroxylation is 1. The number of halogens is 1. The first-order valence-electron chi connectivity index (χ1n) is 9.74. The molecule has 0 saturated carbocycles. The zero-order valence-corrected chi connectivity index (χ0v) is 19.2. The SMILES string of the molecule is [K+].[O-]CCCOCCCCCCCCCCCCc1ccccc1F. The second kappa shape index (κ2) is 19.5. The summed E-state index contributed by atoms with van der Waals surface area (Å²) in [4.78, 5) is 0. The second-order valence-electron chi connectivity index (χ2n) is 6.55.